The molecule has 0 aliphatic carbocycles. The van der Waals surface area contributed by atoms with E-state index in [1.807, 2.05) is 25.9 Å². The lowest BCUT2D eigenvalue weighted by Crippen LogP contribution is -2.29. The quantitative estimate of drug-likeness (QED) is 0.583. The summed E-state index contributed by atoms with van der Waals surface area (Å²) in [7, 11) is 0.482. The summed E-state index contributed by atoms with van der Waals surface area (Å²) in [6.07, 6.45) is 0. The molecule has 1 aromatic rings. The molecule has 0 saturated heterocycles. The maximum atomic E-state index is 12.2. The first-order valence-corrected chi connectivity index (χ1v) is 9.33. The van der Waals surface area contributed by atoms with E-state index in [-0.39, 0.29) is 6.54 Å². The fourth-order valence-electron chi connectivity index (χ4n) is 1.61. The molecule has 8 heteroatoms. The summed E-state index contributed by atoms with van der Waals surface area (Å²) >= 11 is 1.45. The van der Waals surface area contributed by atoms with Gasteiger partial charge in [-0.15, -0.1) is 11.3 Å². The van der Waals surface area contributed by atoms with Crippen molar-refractivity contribution in [2.24, 2.45) is 0 Å². The van der Waals surface area contributed by atoms with Gasteiger partial charge < -0.3 is 15.0 Å². The van der Waals surface area contributed by atoms with Crippen LogP contribution in [0.2, 0.25) is 0 Å². The summed E-state index contributed by atoms with van der Waals surface area (Å²) in [6.45, 7) is 5.45. The van der Waals surface area contributed by atoms with Gasteiger partial charge in [-0.3, -0.25) is 0 Å². The molecule has 0 atom stereocenters. The molecule has 0 saturated carbocycles. The van der Waals surface area contributed by atoms with Crippen LogP contribution in [-0.2, 0) is 21.3 Å². The van der Waals surface area contributed by atoms with Gasteiger partial charge in [0.05, 0.1) is 18.1 Å². The van der Waals surface area contributed by atoms with Crippen LogP contribution in [0, 0.1) is 0 Å². The Labute approximate surface area is 131 Å². The van der Waals surface area contributed by atoms with Crippen LogP contribution in [0.25, 0.3) is 0 Å². The predicted molar refractivity (Wildman–Crippen MR) is 86.3 cm³/mol. The van der Waals surface area contributed by atoms with E-state index >= 15 is 0 Å². The molecule has 0 unspecified atom stereocenters. The van der Waals surface area contributed by atoms with Crippen LogP contribution >= 0.6 is 11.3 Å². The topological polar surface area (TPSA) is 70.7 Å². The molecule has 0 aliphatic heterocycles. The van der Waals surface area contributed by atoms with Crippen LogP contribution < -0.4 is 10.0 Å². The zero-order valence-electron chi connectivity index (χ0n) is 12.9. The van der Waals surface area contributed by atoms with E-state index in [2.05, 4.69) is 10.0 Å². The monoisotopic (exact) mass is 335 g/mol. The van der Waals surface area contributed by atoms with Crippen LogP contribution in [0.15, 0.2) is 16.3 Å². The Morgan fingerprint density at radius 2 is 2.10 bits per heavy atom. The molecular weight excluding hydrogens is 310 g/mol. The van der Waals surface area contributed by atoms with Crippen molar-refractivity contribution >= 4 is 21.4 Å². The van der Waals surface area contributed by atoms with Crippen LogP contribution in [0.1, 0.15) is 11.8 Å². The molecule has 21 heavy (non-hydrogen) atoms. The number of nitrogens with zero attached hydrogens (tertiary/aromatic N) is 1. The van der Waals surface area contributed by atoms with Gasteiger partial charge in [-0.05, 0) is 32.1 Å². The van der Waals surface area contributed by atoms with E-state index in [9.17, 15) is 8.42 Å². The van der Waals surface area contributed by atoms with Crippen molar-refractivity contribution in [2.45, 2.75) is 18.4 Å². The number of hydrogen-bond donors (Lipinski definition) is 2. The van der Waals surface area contributed by atoms with Crippen molar-refractivity contribution in [3.05, 3.63) is 16.3 Å². The molecular formula is C13H25N3O3S2. The second kappa shape index (κ2) is 9.50. The minimum atomic E-state index is -3.45. The third-order valence-corrected chi connectivity index (χ3v) is 5.35. The van der Waals surface area contributed by atoms with Gasteiger partial charge in [-0.2, -0.15) is 0 Å². The molecule has 0 amide bonds. The number of ether oxygens (including phenoxy) is 1. The lowest BCUT2D eigenvalue weighted by molar-refractivity contribution is 0.122. The molecule has 0 bridgehead atoms. The zero-order valence-corrected chi connectivity index (χ0v) is 14.5. The Hall–Kier alpha value is -0.510. The summed E-state index contributed by atoms with van der Waals surface area (Å²) < 4.78 is 32.4. The largest absolute Gasteiger partial charge is 0.379 e. The Kier molecular flexibility index (Phi) is 8.38. The van der Waals surface area contributed by atoms with Crippen molar-refractivity contribution < 1.29 is 13.2 Å². The summed E-state index contributed by atoms with van der Waals surface area (Å²) in [6, 6.07) is 1.65. The van der Waals surface area contributed by atoms with Crippen LogP contribution in [0.4, 0.5) is 0 Å². The number of sulfonamides is 1. The van der Waals surface area contributed by atoms with Gasteiger partial charge in [0, 0.05) is 24.5 Å². The maximum Gasteiger partial charge on any atom is 0.241 e. The summed E-state index contributed by atoms with van der Waals surface area (Å²) in [4.78, 5) is 3.21. The number of rotatable bonds is 11. The number of nitrogens with one attached hydrogen (secondary N) is 2. The predicted octanol–water partition coefficient (Wildman–Crippen LogP) is 0.714. The third kappa shape index (κ3) is 6.86. The number of thiophene rings is 1. The highest BCUT2D eigenvalue weighted by Crippen LogP contribution is 2.21. The second-order valence-corrected chi connectivity index (χ2v) is 7.54. The number of hydrogen-bond acceptors (Lipinski definition) is 6. The molecule has 122 valence electrons. The first-order chi connectivity index (χ1) is 9.97. The zero-order chi connectivity index (χ0) is 15.7. The smallest absolute Gasteiger partial charge is 0.241 e. The molecule has 0 aliphatic rings. The Balaban J connectivity index is 2.41. The van der Waals surface area contributed by atoms with Gasteiger partial charge in [-0.1, -0.05) is 6.92 Å². The van der Waals surface area contributed by atoms with Crippen LogP contribution in [-0.4, -0.2) is 60.3 Å². The molecule has 0 radical (unpaired) electrons. The molecule has 2 N–H and O–H groups in total. The normalized spacial score (nSPS) is 12.2. The number of likely N-dealkylation sites (N-methyl/N-ethyl adjacent to an activating group) is 1. The fourth-order valence-corrected chi connectivity index (χ4v) is 4.04. The molecule has 0 spiro atoms. The van der Waals surface area contributed by atoms with E-state index in [1.54, 1.807) is 11.4 Å². The first-order valence-electron chi connectivity index (χ1n) is 6.96. The van der Waals surface area contributed by atoms with Gasteiger partial charge in [0.2, 0.25) is 10.0 Å². The minimum absolute atomic E-state index is 0.284. The Morgan fingerprint density at radius 1 is 1.33 bits per heavy atom. The third-order valence-electron chi connectivity index (χ3n) is 2.75. The molecule has 6 nitrogen and oxygen atoms in total. The SMILES string of the molecule is CCNCc1sccc1S(=O)(=O)NCCOCCN(C)C. The van der Waals surface area contributed by atoms with Crippen LogP contribution in [0.3, 0.4) is 0 Å². The van der Waals surface area contributed by atoms with E-state index in [0.717, 1.165) is 18.0 Å². The van der Waals surface area contributed by atoms with Gasteiger partial charge in [0.1, 0.15) is 0 Å². The molecule has 0 aromatic carbocycles. The van der Waals surface area contributed by atoms with E-state index in [0.29, 0.717) is 24.7 Å². The lowest BCUT2D eigenvalue weighted by atomic mass is 10.4. The van der Waals surface area contributed by atoms with Crippen molar-refractivity contribution in [1.82, 2.24) is 14.9 Å². The van der Waals surface area contributed by atoms with Gasteiger partial charge >= 0.3 is 0 Å². The van der Waals surface area contributed by atoms with Crippen molar-refractivity contribution in [1.29, 1.82) is 0 Å². The molecule has 1 aromatic heterocycles. The second-order valence-electron chi connectivity index (χ2n) is 4.80. The average Bonchev–Trinajstić information content (AvgIpc) is 2.89. The van der Waals surface area contributed by atoms with Gasteiger partial charge in [0.15, 0.2) is 0 Å². The Bertz CT molecular complexity index is 501. The highest BCUT2D eigenvalue weighted by Gasteiger charge is 2.18. The Morgan fingerprint density at radius 3 is 2.76 bits per heavy atom. The molecule has 0 fully saturated rings. The van der Waals surface area contributed by atoms with Crippen molar-refractivity contribution in [2.75, 3.05) is 46.9 Å². The lowest BCUT2D eigenvalue weighted by Gasteiger charge is -2.11. The molecule has 1 rings (SSSR count). The standard InChI is InChI=1S/C13H25N3O3S2/c1-4-14-11-12-13(5-10-20-12)21(17,18)15-6-8-19-9-7-16(2)3/h5,10,14-15H,4,6-9,11H2,1-3H3. The summed E-state index contributed by atoms with van der Waals surface area (Å²) in [5, 5.41) is 4.95. The fraction of sp³-hybridized carbons (Fsp3) is 0.692. The maximum absolute atomic E-state index is 12.2. The average molecular weight is 335 g/mol. The minimum Gasteiger partial charge on any atom is -0.379 e. The van der Waals surface area contributed by atoms with Crippen molar-refractivity contribution in [3.8, 4) is 0 Å². The summed E-state index contributed by atoms with van der Waals surface area (Å²) in [5.74, 6) is 0. The van der Waals surface area contributed by atoms with Gasteiger partial charge in [-0.25, -0.2) is 13.1 Å². The highest BCUT2D eigenvalue weighted by atomic mass is 32.2. The van der Waals surface area contributed by atoms with E-state index < -0.39 is 10.0 Å². The van der Waals surface area contributed by atoms with Crippen LogP contribution in [0.5, 0.6) is 0 Å². The molecule has 1 heterocycles. The van der Waals surface area contributed by atoms with E-state index in [1.165, 1.54) is 11.3 Å². The first kappa shape index (κ1) is 18.5. The van der Waals surface area contributed by atoms with E-state index in [4.69, 9.17) is 4.74 Å². The summed E-state index contributed by atoms with van der Waals surface area (Å²) in [5.41, 5.74) is 0. The van der Waals surface area contributed by atoms with Gasteiger partial charge in [0.25, 0.3) is 0 Å². The van der Waals surface area contributed by atoms with Crippen molar-refractivity contribution in [3.63, 3.8) is 0 Å². The highest BCUT2D eigenvalue weighted by molar-refractivity contribution is 7.89.